The number of carbonyl (C=O) groups is 1. The summed E-state index contributed by atoms with van der Waals surface area (Å²) in [6, 6.07) is 5.25. The summed E-state index contributed by atoms with van der Waals surface area (Å²) in [6.07, 6.45) is 0. The van der Waals surface area contributed by atoms with Crippen molar-refractivity contribution in [1.82, 2.24) is 0 Å². The molecule has 20 heavy (non-hydrogen) atoms. The molecule has 0 spiro atoms. The van der Waals surface area contributed by atoms with Crippen molar-refractivity contribution in [3.8, 4) is 0 Å². The minimum atomic E-state index is -1.69. The van der Waals surface area contributed by atoms with Crippen molar-refractivity contribution in [3.63, 3.8) is 0 Å². The van der Waals surface area contributed by atoms with Crippen molar-refractivity contribution in [3.05, 3.63) is 63.6 Å². The van der Waals surface area contributed by atoms with Gasteiger partial charge in [-0.05, 0) is 40.2 Å². The topological polar surface area (TPSA) is 29.1 Å². The van der Waals surface area contributed by atoms with Gasteiger partial charge >= 0.3 is 0 Å². The number of carbonyl (C=O) groups excluding carboxylic acids is 1. The normalized spacial score (nSPS) is 10.4. The van der Waals surface area contributed by atoms with Crippen LogP contribution in [-0.4, -0.2) is 5.91 Å². The Bertz CT molecular complexity index is 690. The van der Waals surface area contributed by atoms with Gasteiger partial charge in [0.2, 0.25) is 0 Å². The summed E-state index contributed by atoms with van der Waals surface area (Å²) in [7, 11) is 0. The number of amides is 1. The number of nitrogens with one attached hydrogen (secondary N) is 1. The van der Waals surface area contributed by atoms with E-state index < -0.39 is 34.9 Å². The van der Waals surface area contributed by atoms with Crippen LogP contribution in [0.4, 0.5) is 23.2 Å². The molecule has 104 valence electrons. The van der Waals surface area contributed by atoms with Gasteiger partial charge in [0.05, 0.1) is 15.7 Å². The second-order valence-electron chi connectivity index (χ2n) is 3.78. The number of rotatable bonds is 2. The fourth-order valence-electron chi connectivity index (χ4n) is 1.49. The van der Waals surface area contributed by atoms with E-state index in [1.807, 2.05) is 5.32 Å². The third-order valence-corrected chi connectivity index (χ3v) is 3.29. The minimum Gasteiger partial charge on any atom is -0.319 e. The first-order chi connectivity index (χ1) is 9.41. The van der Waals surface area contributed by atoms with Gasteiger partial charge in [0.1, 0.15) is 5.82 Å². The summed E-state index contributed by atoms with van der Waals surface area (Å²) in [4.78, 5) is 11.8. The molecule has 0 fully saturated rings. The number of benzene rings is 2. The number of anilines is 1. The molecular weight excluding hydrogens is 342 g/mol. The highest BCUT2D eigenvalue weighted by molar-refractivity contribution is 9.10. The SMILES string of the molecule is O=C(Nc1ccc(F)c(F)c1F)c1cccc(F)c1Br. The predicted octanol–water partition coefficient (Wildman–Crippen LogP) is 4.26. The van der Waals surface area contributed by atoms with Gasteiger partial charge in [-0.2, -0.15) is 0 Å². The van der Waals surface area contributed by atoms with Crippen LogP contribution in [-0.2, 0) is 0 Å². The first kappa shape index (κ1) is 14.5. The van der Waals surface area contributed by atoms with Gasteiger partial charge in [-0.3, -0.25) is 4.79 Å². The zero-order valence-corrected chi connectivity index (χ0v) is 11.3. The molecule has 0 aromatic heterocycles. The molecule has 0 unspecified atom stereocenters. The van der Waals surface area contributed by atoms with Crippen molar-refractivity contribution >= 4 is 27.5 Å². The smallest absolute Gasteiger partial charge is 0.256 e. The average molecular weight is 348 g/mol. The highest BCUT2D eigenvalue weighted by Crippen LogP contribution is 2.24. The lowest BCUT2D eigenvalue weighted by molar-refractivity contribution is 0.102. The molecule has 0 atom stereocenters. The summed E-state index contributed by atoms with van der Waals surface area (Å²) in [5.41, 5.74) is -0.640. The van der Waals surface area contributed by atoms with E-state index in [0.29, 0.717) is 6.07 Å². The summed E-state index contributed by atoms with van der Waals surface area (Å²) in [5.74, 6) is -6.12. The van der Waals surface area contributed by atoms with E-state index in [1.54, 1.807) is 0 Å². The predicted molar refractivity (Wildman–Crippen MR) is 68.4 cm³/mol. The molecule has 1 amide bonds. The van der Waals surface area contributed by atoms with E-state index in [4.69, 9.17) is 0 Å². The van der Waals surface area contributed by atoms with E-state index in [-0.39, 0.29) is 10.0 Å². The second kappa shape index (κ2) is 5.62. The zero-order chi connectivity index (χ0) is 14.9. The first-order valence-electron chi connectivity index (χ1n) is 5.30. The Hall–Kier alpha value is -1.89. The van der Waals surface area contributed by atoms with Crippen molar-refractivity contribution in [2.45, 2.75) is 0 Å². The van der Waals surface area contributed by atoms with Gasteiger partial charge in [0.25, 0.3) is 5.91 Å². The molecule has 2 aromatic carbocycles. The maximum Gasteiger partial charge on any atom is 0.256 e. The fourth-order valence-corrected chi connectivity index (χ4v) is 1.94. The monoisotopic (exact) mass is 347 g/mol. The largest absolute Gasteiger partial charge is 0.319 e. The van der Waals surface area contributed by atoms with Gasteiger partial charge < -0.3 is 5.32 Å². The minimum absolute atomic E-state index is 0.103. The lowest BCUT2D eigenvalue weighted by atomic mass is 10.2. The molecule has 0 aliphatic rings. The van der Waals surface area contributed by atoms with E-state index >= 15 is 0 Å². The number of hydrogen-bond acceptors (Lipinski definition) is 1. The molecule has 7 heteroatoms. The van der Waals surface area contributed by atoms with Crippen LogP contribution in [0.15, 0.2) is 34.8 Å². The average Bonchev–Trinajstić information content (AvgIpc) is 2.42. The highest BCUT2D eigenvalue weighted by atomic mass is 79.9. The maximum absolute atomic E-state index is 13.4. The Labute approximate surface area is 119 Å². The Kier molecular flexibility index (Phi) is 4.08. The summed E-state index contributed by atoms with van der Waals surface area (Å²) >= 11 is 2.88. The Morgan fingerprint density at radius 2 is 1.65 bits per heavy atom. The molecule has 0 bridgehead atoms. The molecule has 0 saturated heterocycles. The molecule has 2 aromatic rings. The molecule has 2 rings (SSSR count). The van der Waals surface area contributed by atoms with Crippen LogP contribution in [0.5, 0.6) is 0 Å². The lowest BCUT2D eigenvalue weighted by Crippen LogP contribution is -2.15. The highest BCUT2D eigenvalue weighted by Gasteiger charge is 2.18. The second-order valence-corrected chi connectivity index (χ2v) is 4.57. The molecule has 2 nitrogen and oxygen atoms in total. The Balaban J connectivity index is 2.33. The summed E-state index contributed by atoms with van der Waals surface area (Å²) in [6.45, 7) is 0. The van der Waals surface area contributed by atoms with Crippen LogP contribution in [0.3, 0.4) is 0 Å². The Morgan fingerprint density at radius 3 is 2.35 bits per heavy atom. The zero-order valence-electron chi connectivity index (χ0n) is 9.68. The van der Waals surface area contributed by atoms with Crippen molar-refractivity contribution < 1.29 is 22.4 Å². The molecule has 1 N–H and O–H groups in total. The van der Waals surface area contributed by atoms with Crippen LogP contribution in [0.2, 0.25) is 0 Å². The van der Waals surface area contributed by atoms with E-state index in [9.17, 15) is 22.4 Å². The molecule has 0 heterocycles. The molecular formula is C13H6BrF4NO. The quantitative estimate of drug-likeness (QED) is 0.638. The van der Waals surface area contributed by atoms with Crippen LogP contribution in [0.25, 0.3) is 0 Å². The van der Waals surface area contributed by atoms with Crippen LogP contribution < -0.4 is 5.32 Å². The van der Waals surface area contributed by atoms with Crippen molar-refractivity contribution in [2.75, 3.05) is 5.32 Å². The molecule has 0 radical (unpaired) electrons. The van der Waals surface area contributed by atoms with Gasteiger partial charge in [0, 0.05) is 0 Å². The van der Waals surface area contributed by atoms with Gasteiger partial charge in [-0.25, -0.2) is 17.6 Å². The van der Waals surface area contributed by atoms with Gasteiger partial charge in [-0.15, -0.1) is 0 Å². The maximum atomic E-state index is 13.4. The fraction of sp³-hybridized carbons (Fsp3) is 0. The summed E-state index contributed by atoms with van der Waals surface area (Å²) < 4.78 is 52.3. The van der Waals surface area contributed by atoms with Crippen LogP contribution in [0.1, 0.15) is 10.4 Å². The van der Waals surface area contributed by atoms with Crippen LogP contribution >= 0.6 is 15.9 Å². The van der Waals surface area contributed by atoms with E-state index in [1.165, 1.54) is 12.1 Å². The third-order valence-electron chi connectivity index (χ3n) is 2.48. The number of halogens is 5. The van der Waals surface area contributed by atoms with Gasteiger partial charge in [-0.1, -0.05) is 6.07 Å². The van der Waals surface area contributed by atoms with Crippen molar-refractivity contribution in [2.24, 2.45) is 0 Å². The van der Waals surface area contributed by atoms with E-state index in [0.717, 1.165) is 12.1 Å². The Morgan fingerprint density at radius 1 is 0.950 bits per heavy atom. The lowest BCUT2D eigenvalue weighted by Gasteiger charge is -2.09. The van der Waals surface area contributed by atoms with E-state index in [2.05, 4.69) is 15.9 Å². The third kappa shape index (κ3) is 2.67. The summed E-state index contributed by atoms with van der Waals surface area (Å²) in [5, 5.41) is 2.05. The van der Waals surface area contributed by atoms with Gasteiger partial charge in [0.15, 0.2) is 17.5 Å². The standard InChI is InChI=1S/C13H6BrF4NO/c14-10-6(2-1-3-7(10)15)13(20)19-9-5-4-8(16)11(17)12(9)18/h1-5H,(H,19,20). The van der Waals surface area contributed by atoms with Crippen LogP contribution in [0, 0.1) is 23.3 Å². The van der Waals surface area contributed by atoms with Crippen molar-refractivity contribution in [1.29, 1.82) is 0 Å². The number of hydrogen-bond donors (Lipinski definition) is 1. The molecule has 0 aliphatic carbocycles. The molecule has 0 saturated carbocycles. The molecule has 0 aliphatic heterocycles. The first-order valence-corrected chi connectivity index (χ1v) is 6.10.